The Labute approximate surface area is 123 Å². The first-order valence-corrected chi connectivity index (χ1v) is 6.55. The number of carbonyl (C=O) groups excluding carboxylic acids is 1. The van der Waals surface area contributed by atoms with E-state index in [1.807, 2.05) is 0 Å². The van der Waals surface area contributed by atoms with Crippen molar-refractivity contribution in [2.24, 2.45) is 12.5 Å². The molecule has 0 bridgehead atoms. The Balaban J connectivity index is 3.28. The van der Waals surface area contributed by atoms with Gasteiger partial charge < -0.3 is 10.4 Å². The molecule has 7 nitrogen and oxygen atoms in total. The number of aryl methyl sites for hydroxylation is 2. The average Bonchev–Trinajstić information content (AvgIpc) is 2.32. The summed E-state index contributed by atoms with van der Waals surface area (Å²) >= 11 is 0. The number of carboxylic acids is 1. The zero-order chi connectivity index (χ0) is 16.5. The Morgan fingerprint density at radius 1 is 1.29 bits per heavy atom. The Hall–Kier alpha value is -2.18. The molecule has 0 aliphatic carbocycles. The average molecular weight is 295 g/mol. The van der Waals surface area contributed by atoms with E-state index in [0.717, 1.165) is 4.68 Å². The van der Waals surface area contributed by atoms with Crippen LogP contribution in [0.15, 0.2) is 4.79 Å². The van der Waals surface area contributed by atoms with Gasteiger partial charge in [-0.1, -0.05) is 20.8 Å². The second-order valence-electron chi connectivity index (χ2n) is 6.12. The van der Waals surface area contributed by atoms with Gasteiger partial charge in [0.2, 0.25) is 0 Å². The monoisotopic (exact) mass is 295 g/mol. The van der Waals surface area contributed by atoms with E-state index in [0.29, 0.717) is 11.3 Å². The van der Waals surface area contributed by atoms with Crippen molar-refractivity contribution in [2.75, 3.05) is 0 Å². The van der Waals surface area contributed by atoms with Crippen molar-refractivity contribution in [1.29, 1.82) is 0 Å². The molecular formula is C14H21N3O4. The van der Waals surface area contributed by atoms with Gasteiger partial charge in [-0.3, -0.25) is 9.59 Å². The van der Waals surface area contributed by atoms with Gasteiger partial charge in [-0.2, -0.15) is 5.10 Å². The van der Waals surface area contributed by atoms with Crippen LogP contribution in [0.1, 0.15) is 42.4 Å². The van der Waals surface area contributed by atoms with E-state index in [-0.39, 0.29) is 5.56 Å². The molecular weight excluding hydrogens is 274 g/mol. The highest BCUT2D eigenvalue weighted by Crippen LogP contribution is 2.20. The SMILES string of the molecule is Cc1nn(C)c(=O)c(C(=O)N[C@@H](C(=O)O)C(C)(C)C)c1C. The summed E-state index contributed by atoms with van der Waals surface area (Å²) in [5.74, 6) is -1.84. The number of nitrogens with one attached hydrogen (secondary N) is 1. The highest BCUT2D eigenvalue weighted by molar-refractivity contribution is 5.97. The van der Waals surface area contributed by atoms with Crippen LogP contribution in [-0.4, -0.2) is 32.8 Å². The molecule has 0 fully saturated rings. The predicted octanol–water partition coefficient (Wildman–Crippen LogP) is 0.626. The minimum atomic E-state index is -1.14. The molecule has 0 aliphatic rings. The van der Waals surface area contributed by atoms with Gasteiger partial charge in [-0.25, -0.2) is 9.48 Å². The number of carbonyl (C=O) groups is 2. The highest BCUT2D eigenvalue weighted by atomic mass is 16.4. The van der Waals surface area contributed by atoms with E-state index >= 15 is 0 Å². The first-order chi connectivity index (χ1) is 9.46. The molecule has 0 saturated carbocycles. The highest BCUT2D eigenvalue weighted by Gasteiger charge is 2.34. The molecule has 1 atom stereocenters. The molecule has 2 N–H and O–H groups in total. The first-order valence-electron chi connectivity index (χ1n) is 6.55. The largest absolute Gasteiger partial charge is 0.480 e. The van der Waals surface area contributed by atoms with Crippen molar-refractivity contribution in [3.63, 3.8) is 0 Å². The van der Waals surface area contributed by atoms with Crippen LogP contribution in [0.25, 0.3) is 0 Å². The number of aromatic nitrogens is 2. The fourth-order valence-corrected chi connectivity index (χ4v) is 1.97. The molecule has 1 amide bonds. The molecule has 116 valence electrons. The van der Waals surface area contributed by atoms with Crippen LogP contribution >= 0.6 is 0 Å². The van der Waals surface area contributed by atoms with Gasteiger partial charge in [0.05, 0.1) is 5.69 Å². The molecule has 0 spiro atoms. The second-order valence-corrected chi connectivity index (χ2v) is 6.12. The number of hydrogen-bond acceptors (Lipinski definition) is 4. The maximum Gasteiger partial charge on any atom is 0.326 e. The molecule has 7 heteroatoms. The Morgan fingerprint density at radius 2 is 1.81 bits per heavy atom. The number of amides is 1. The van der Waals surface area contributed by atoms with Crippen molar-refractivity contribution in [3.8, 4) is 0 Å². The molecule has 0 aromatic carbocycles. The van der Waals surface area contributed by atoms with Crippen LogP contribution in [0.2, 0.25) is 0 Å². The zero-order valence-corrected chi connectivity index (χ0v) is 13.1. The van der Waals surface area contributed by atoms with Crippen molar-refractivity contribution in [1.82, 2.24) is 15.1 Å². The lowest BCUT2D eigenvalue weighted by Crippen LogP contribution is -2.50. The van der Waals surface area contributed by atoms with Gasteiger partial charge >= 0.3 is 5.97 Å². The van der Waals surface area contributed by atoms with E-state index in [1.165, 1.54) is 7.05 Å². The normalized spacial score (nSPS) is 12.9. The van der Waals surface area contributed by atoms with Gasteiger partial charge in [0, 0.05) is 7.05 Å². The smallest absolute Gasteiger partial charge is 0.326 e. The minimum absolute atomic E-state index is 0.0690. The molecule has 21 heavy (non-hydrogen) atoms. The lowest BCUT2D eigenvalue weighted by Gasteiger charge is -2.27. The zero-order valence-electron chi connectivity index (χ0n) is 13.1. The van der Waals surface area contributed by atoms with Crippen LogP contribution in [0.4, 0.5) is 0 Å². The maximum absolute atomic E-state index is 12.3. The number of carboxylic acid groups (broad SMARTS) is 1. The predicted molar refractivity (Wildman–Crippen MR) is 77.3 cm³/mol. The molecule has 1 aromatic rings. The summed E-state index contributed by atoms with van der Waals surface area (Å²) in [6.07, 6.45) is 0. The van der Waals surface area contributed by atoms with Crippen molar-refractivity contribution in [3.05, 3.63) is 27.2 Å². The van der Waals surface area contributed by atoms with E-state index < -0.39 is 28.9 Å². The van der Waals surface area contributed by atoms with Crippen LogP contribution in [0.5, 0.6) is 0 Å². The van der Waals surface area contributed by atoms with Gasteiger partial charge in [0.15, 0.2) is 0 Å². The summed E-state index contributed by atoms with van der Waals surface area (Å²) in [5.41, 5.74) is -0.296. The summed E-state index contributed by atoms with van der Waals surface area (Å²) < 4.78 is 1.07. The molecule has 0 unspecified atom stereocenters. The third-order valence-electron chi connectivity index (χ3n) is 3.34. The number of nitrogens with zero attached hydrogens (tertiary/aromatic N) is 2. The van der Waals surface area contributed by atoms with E-state index in [4.69, 9.17) is 0 Å². The fourth-order valence-electron chi connectivity index (χ4n) is 1.97. The van der Waals surface area contributed by atoms with Crippen molar-refractivity contribution in [2.45, 2.75) is 40.7 Å². The van der Waals surface area contributed by atoms with Gasteiger partial charge in [-0.15, -0.1) is 0 Å². The number of hydrogen-bond donors (Lipinski definition) is 2. The summed E-state index contributed by atoms with van der Waals surface area (Å²) in [4.78, 5) is 35.7. The van der Waals surface area contributed by atoms with Crippen LogP contribution in [-0.2, 0) is 11.8 Å². The minimum Gasteiger partial charge on any atom is -0.480 e. The first kappa shape index (κ1) is 16.9. The van der Waals surface area contributed by atoms with Crippen LogP contribution < -0.4 is 10.9 Å². The summed E-state index contributed by atoms with van der Waals surface area (Å²) in [6.45, 7) is 8.41. The van der Waals surface area contributed by atoms with Crippen molar-refractivity contribution >= 4 is 11.9 Å². The quantitative estimate of drug-likeness (QED) is 0.851. The van der Waals surface area contributed by atoms with Gasteiger partial charge in [0.1, 0.15) is 11.6 Å². The van der Waals surface area contributed by atoms with Crippen LogP contribution in [0.3, 0.4) is 0 Å². The Morgan fingerprint density at radius 3 is 2.24 bits per heavy atom. The maximum atomic E-state index is 12.3. The molecule has 0 radical (unpaired) electrons. The fraction of sp³-hybridized carbons (Fsp3) is 0.571. The Kier molecular flexibility index (Phi) is 4.56. The number of aliphatic carboxylic acids is 1. The molecule has 1 aromatic heterocycles. The molecule has 1 heterocycles. The topological polar surface area (TPSA) is 101 Å². The van der Waals surface area contributed by atoms with E-state index in [2.05, 4.69) is 10.4 Å². The van der Waals surface area contributed by atoms with E-state index in [1.54, 1.807) is 34.6 Å². The van der Waals surface area contributed by atoms with Gasteiger partial charge in [-0.05, 0) is 24.8 Å². The van der Waals surface area contributed by atoms with Crippen molar-refractivity contribution < 1.29 is 14.7 Å². The van der Waals surface area contributed by atoms with E-state index in [9.17, 15) is 19.5 Å². The molecule has 0 saturated heterocycles. The number of rotatable bonds is 3. The molecule has 1 rings (SSSR count). The van der Waals surface area contributed by atoms with Gasteiger partial charge in [0.25, 0.3) is 11.5 Å². The lowest BCUT2D eigenvalue weighted by molar-refractivity contribution is -0.142. The third-order valence-corrected chi connectivity index (χ3v) is 3.34. The standard InChI is InChI=1S/C14H21N3O4/c1-7-8(2)16-17(6)12(19)9(7)11(18)15-10(13(20)21)14(3,4)5/h10H,1-6H3,(H,15,18)(H,20,21)/t10-/m0/s1. The second kappa shape index (κ2) is 5.67. The van der Waals surface area contributed by atoms with Crippen LogP contribution in [0, 0.1) is 19.3 Å². The summed E-state index contributed by atoms with van der Waals surface area (Å²) in [6, 6.07) is -1.09. The lowest BCUT2D eigenvalue weighted by atomic mass is 9.86. The molecule has 0 aliphatic heterocycles. The summed E-state index contributed by atoms with van der Waals surface area (Å²) in [7, 11) is 1.45. The third kappa shape index (κ3) is 3.48. The summed E-state index contributed by atoms with van der Waals surface area (Å²) in [5, 5.41) is 15.7. The Bertz CT molecular complexity index is 641.